The van der Waals surface area contributed by atoms with Gasteiger partial charge in [0.05, 0.1) is 26.8 Å². The molecule has 2 aliphatic carbocycles. The zero-order valence-corrected chi connectivity index (χ0v) is 45.9. The summed E-state index contributed by atoms with van der Waals surface area (Å²) in [5.41, 5.74) is 7.20. The quantitative estimate of drug-likeness (QED) is 0.0786. The monoisotopic (exact) mass is 980 g/mol. The summed E-state index contributed by atoms with van der Waals surface area (Å²) in [5.74, 6) is 3.16. The molecule has 0 heterocycles. The molecule has 5 rings (SSSR count). The molecule has 2 saturated carbocycles. The molecular weight excluding hydrogens is 901 g/mol. The molecule has 0 radical (unpaired) electrons. The van der Waals surface area contributed by atoms with Crippen LogP contribution in [0.3, 0.4) is 0 Å². The maximum Gasteiger partial charge on any atom is 0.167 e. The van der Waals surface area contributed by atoms with Gasteiger partial charge in [0.1, 0.15) is 5.75 Å². The molecule has 0 saturated heterocycles. The van der Waals surface area contributed by atoms with E-state index in [-0.39, 0.29) is 26.7 Å². The molecule has 2 aliphatic rings. The van der Waals surface area contributed by atoms with Gasteiger partial charge in [0.15, 0.2) is 19.5 Å². The molecule has 3 aromatic rings. The van der Waals surface area contributed by atoms with Crippen molar-refractivity contribution >= 4 is 51.4 Å². The van der Waals surface area contributed by atoms with Crippen LogP contribution in [0.5, 0.6) is 5.75 Å². The average Bonchev–Trinajstić information content (AvgIpc) is 4.04. The fourth-order valence-electron chi connectivity index (χ4n) is 9.94. The van der Waals surface area contributed by atoms with E-state index in [1.165, 1.54) is 97.6 Å². The molecule has 0 aliphatic heterocycles. The second-order valence-corrected chi connectivity index (χ2v) is 29.3. The maximum atomic E-state index is 7.11. The van der Waals surface area contributed by atoms with Crippen LogP contribution in [0.4, 0.5) is 0 Å². The van der Waals surface area contributed by atoms with Gasteiger partial charge in [-0.15, -0.1) is 0 Å². The van der Waals surface area contributed by atoms with E-state index >= 15 is 0 Å². The topological polar surface area (TPSA) is 27.7 Å². The predicted octanol–water partition coefficient (Wildman–Crippen LogP) is 16.4. The number of hydrogen-bond acceptors (Lipinski definition) is 3. The first-order valence-corrected chi connectivity index (χ1v) is 28.0. The maximum absolute atomic E-state index is 7.11. The second-order valence-electron chi connectivity index (χ2n) is 22.2. The minimum Gasteiger partial charge on any atom is -0.491 e. The number of unbranched alkanes of at least 4 members (excludes halogenated alkanes) is 3. The van der Waals surface area contributed by atoms with Gasteiger partial charge in [-0.2, -0.15) is 0 Å². The molecular formula is C53H82Br2O3Si2. The molecule has 3 aromatic carbocycles. The van der Waals surface area contributed by atoms with Crippen molar-refractivity contribution in [3.8, 4) is 28.0 Å². The van der Waals surface area contributed by atoms with Crippen molar-refractivity contribution in [1.29, 1.82) is 0 Å². The summed E-state index contributed by atoms with van der Waals surface area (Å²) >= 11 is 7.96. The van der Waals surface area contributed by atoms with Crippen molar-refractivity contribution < 1.29 is 13.6 Å². The Morgan fingerprint density at radius 1 is 0.583 bits per heavy atom. The molecule has 0 aromatic heterocycles. The van der Waals surface area contributed by atoms with Crippen LogP contribution >= 0.6 is 31.9 Å². The van der Waals surface area contributed by atoms with Gasteiger partial charge in [0.25, 0.3) is 0 Å². The van der Waals surface area contributed by atoms with E-state index in [0.29, 0.717) is 12.5 Å². The van der Waals surface area contributed by atoms with Crippen LogP contribution < -0.4 is 4.74 Å². The fraction of sp³-hybridized carbons (Fsp3) is 0.660. The lowest BCUT2D eigenvalue weighted by atomic mass is 9.59. The Labute approximate surface area is 389 Å². The Morgan fingerprint density at radius 3 is 1.63 bits per heavy atom. The van der Waals surface area contributed by atoms with Crippen molar-refractivity contribution in [3.05, 3.63) is 74.7 Å². The zero-order chi connectivity index (χ0) is 43.9. The molecule has 334 valence electrons. The lowest BCUT2D eigenvalue weighted by Crippen LogP contribution is -2.61. The summed E-state index contributed by atoms with van der Waals surface area (Å²) in [6.45, 7) is 28.5. The average molecular weight is 983 g/mol. The summed E-state index contributed by atoms with van der Waals surface area (Å²) in [6, 6.07) is 21.3. The van der Waals surface area contributed by atoms with E-state index in [9.17, 15) is 0 Å². The number of halogens is 2. The van der Waals surface area contributed by atoms with Crippen LogP contribution in [-0.2, 0) is 8.85 Å². The van der Waals surface area contributed by atoms with Crippen LogP contribution in [0, 0.1) is 11.3 Å². The van der Waals surface area contributed by atoms with Gasteiger partial charge in [-0.05, 0) is 184 Å². The number of benzene rings is 3. The molecule has 0 spiro atoms. The highest BCUT2D eigenvalue weighted by molar-refractivity contribution is 9.11. The Bertz CT molecular complexity index is 1760. The first-order chi connectivity index (χ1) is 28.2. The first kappa shape index (κ1) is 49.8. The largest absolute Gasteiger partial charge is 0.491 e. The van der Waals surface area contributed by atoms with Crippen molar-refractivity contribution in [2.75, 3.05) is 6.61 Å². The van der Waals surface area contributed by atoms with Crippen molar-refractivity contribution in [2.24, 2.45) is 11.3 Å². The third-order valence-corrected chi connectivity index (χ3v) is 18.6. The molecule has 0 N–H and O–H groups in total. The minimum atomic E-state index is -0.807. The third-order valence-electron chi connectivity index (χ3n) is 13.9. The SMILES string of the molecule is CCCCCC1CCC(c2ccc(-c3ccc(-c4cc(Br)c(OCCC(CCCC)(C(C)(C)O[SiH2]C(C)(C)C)C(C)(C)O[SiH2]C(C)(C)C)c(Br)c4)c(C4CC4)c3)cc2)CC1. The number of ether oxygens (including phenoxy) is 1. The van der Waals surface area contributed by atoms with E-state index in [0.717, 1.165) is 52.2 Å². The molecule has 3 nitrogen and oxygen atoms in total. The van der Waals surface area contributed by atoms with E-state index in [2.05, 4.69) is 170 Å². The van der Waals surface area contributed by atoms with Crippen LogP contribution in [-0.4, -0.2) is 37.3 Å². The molecule has 0 unspecified atom stereocenters. The normalized spacial score (nSPS) is 19.4. The smallest absolute Gasteiger partial charge is 0.167 e. The first-order valence-electron chi connectivity index (χ1n) is 23.8. The molecule has 60 heavy (non-hydrogen) atoms. The van der Waals surface area contributed by atoms with Crippen LogP contribution in [0.15, 0.2) is 63.5 Å². The van der Waals surface area contributed by atoms with Crippen molar-refractivity contribution in [3.63, 3.8) is 0 Å². The van der Waals surface area contributed by atoms with Gasteiger partial charge in [-0.1, -0.05) is 136 Å². The van der Waals surface area contributed by atoms with Crippen molar-refractivity contribution in [1.82, 2.24) is 0 Å². The van der Waals surface area contributed by atoms with Crippen LogP contribution in [0.1, 0.15) is 196 Å². The molecule has 0 bridgehead atoms. The molecule has 2 fully saturated rings. The summed E-state index contributed by atoms with van der Waals surface area (Å²) in [7, 11) is -1.61. The molecule has 0 atom stereocenters. The van der Waals surface area contributed by atoms with E-state index in [4.69, 9.17) is 13.6 Å². The van der Waals surface area contributed by atoms with Gasteiger partial charge < -0.3 is 13.6 Å². The Kier molecular flexibility index (Phi) is 17.6. The zero-order valence-electron chi connectivity index (χ0n) is 39.9. The summed E-state index contributed by atoms with van der Waals surface area (Å²) in [4.78, 5) is 0. The molecule has 7 heteroatoms. The number of hydrogen-bond donors (Lipinski definition) is 0. The van der Waals surface area contributed by atoms with Gasteiger partial charge in [-0.3, -0.25) is 0 Å². The predicted molar refractivity (Wildman–Crippen MR) is 272 cm³/mol. The molecule has 0 amide bonds. The van der Waals surface area contributed by atoms with Gasteiger partial charge in [-0.25, -0.2) is 0 Å². The Balaban J connectivity index is 1.34. The minimum absolute atomic E-state index is 0.199. The summed E-state index contributed by atoms with van der Waals surface area (Å²) < 4.78 is 23.0. The highest BCUT2D eigenvalue weighted by atomic mass is 79.9. The van der Waals surface area contributed by atoms with Crippen LogP contribution in [0.25, 0.3) is 22.3 Å². The van der Waals surface area contributed by atoms with Crippen LogP contribution in [0.2, 0.25) is 10.1 Å². The number of rotatable bonds is 21. The summed E-state index contributed by atoms with van der Waals surface area (Å²) in [5, 5.41) is 0.397. The van der Waals surface area contributed by atoms with Gasteiger partial charge >= 0.3 is 0 Å². The third kappa shape index (κ3) is 13.2. The lowest BCUT2D eigenvalue weighted by molar-refractivity contribution is -0.158. The Hall–Kier alpha value is -1.23. The highest BCUT2D eigenvalue weighted by Crippen LogP contribution is 2.54. The van der Waals surface area contributed by atoms with E-state index < -0.39 is 19.5 Å². The fourth-order valence-corrected chi connectivity index (χ4v) is 13.5. The van der Waals surface area contributed by atoms with Gasteiger partial charge in [0, 0.05) is 5.41 Å². The lowest BCUT2D eigenvalue weighted by Gasteiger charge is -2.57. The standard InChI is InChI=1S/C53H82Br2O3Si2/c1-13-15-17-18-37-19-21-38(22-20-37)39-23-25-40(26-24-39)42-29-30-44(45(34-42)41-27-28-41)43-35-46(54)48(47(55)36-43)56-33-32-53(31-16-14-2,51(9,10)57-59-49(3,4)5)52(11,12)58-60-50(6,7)8/h23-26,29-30,34-38,41H,13-22,27-28,31-33,59-60H2,1-12H3. The van der Waals surface area contributed by atoms with E-state index in [1.807, 2.05) is 0 Å². The van der Waals surface area contributed by atoms with Crippen molar-refractivity contribution in [2.45, 2.75) is 206 Å². The highest BCUT2D eigenvalue weighted by Gasteiger charge is 2.56. The Morgan fingerprint density at radius 2 is 1.12 bits per heavy atom. The van der Waals surface area contributed by atoms with E-state index in [1.54, 1.807) is 0 Å². The second kappa shape index (κ2) is 21.2. The van der Waals surface area contributed by atoms with Gasteiger partial charge in [0.2, 0.25) is 0 Å². The summed E-state index contributed by atoms with van der Waals surface area (Å²) in [6.07, 6.45) is 17.8.